The predicted octanol–water partition coefficient (Wildman–Crippen LogP) is 2.94. The lowest BCUT2D eigenvalue weighted by atomic mass is 9.95. The highest BCUT2D eigenvalue weighted by Crippen LogP contribution is 2.23. The van der Waals surface area contributed by atoms with Crippen molar-refractivity contribution in [1.29, 1.82) is 5.26 Å². The molecule has 1 aliphatic heterocycles. The number of hydrogen-bond donors (Lipinski definition) is 1. The van der Waals surface area contributed by atoms with Crippen LogP contribution in [0.1, 0.15) is 30.9 Å². The fraction of sp³-hybridized carbons (Fsp3) is 0.360. The molecule has 0 bridgehead atoms. The van der Waals surface area contributed by atoms with E-state index in [1.807, 2.05) is 12.1 Å². The van der Waals surface area contributed by atoms with Gasteiger partial charge < -0.3 is 19.7 Å². The van der Waals surface area contributed by atoms with Crippen LogP contribution in [0.5, 0.6) is 5.75 Å². The van der Waals surface area contributed by atoms with Crippen molar-refractivity contribution in [3.63, 3.8) is 0 Å². The zero-order valence-corrected chi connectivity index (χ0v) is 18.7. The summed E-state index contributed by atoms with van der Waals surface area (Å²) in [5.41, 5.74) is 2.23. The van der Waals surface area contributed by atoms with Crippen LogP contribution in [0, 0.1) is 17.2 Å². The van der Waals surface area contributed by atoms with Crippen molar-refractivity contribution in [2.24, 2.45) is 5.92 Å². The first kappa shape index (κ1) is 23.8. The van der Waals surface area contributed by atoms with Crippen LogP contribution in [-0.4, -0.2) is 49.7 Å². The Morgan fingerprint density at radius 2 is 2.00 bits per heavy atom. The molecule has 0 saturated carbocycles. The Kier molecular flexibility index (Phi) is 8.83. The van der Waals surface area contributed by atoms with Crippen LogP contribution < -0.4 is 15.0 Å². The molecule has 0 atom stereocenters. The summed E-state index contributed by atoms with van der Waals surface area (Å²) in [5.74, 6) is 0.0267. The molecular formula is C25H28N4O4. The van der Waals surface area contributed by atoms with Gasteiger partial charge in [-0.25, -0.2) is 4.79 Å². The molecule has 0 aliphatic carbocycles. The first-order valence-corrected chi connectivity index (χ1v) is 11.0. The number of piperidine rings is 1. The van der Waals surface area contributed by atoms with Crippen molar-refractivity contribution in [2.45, 2.75) is 19.8 Å². The van der Waals surface area contributed by atoms with E-state index in [1.165, 1.54) is 6.08 Å². The second kappa shape index (κ2) is 12.2. The van der Waals surface area contributed by atoms with Crippen molar-refractivity contribution >= 4 is 23.6 Å². The second-order valence-corrected chi connectivity index (χ2v) is 7.56. The van der Waals surface area contributed by atoms with Crippen LogP contribution in [0.15, 0.2) is 48.8 Å². The summed E-state index contributed by atoms with van der Waals surface area (Å²) in [6, 6.07) is 11.0. The Morgan fingerprint density at radius 1 is 1.24 bits per heavy atom. The smallest absolute Gasteiger partial charge is 0.330 e. The standard InChI is InChI=1S/C25H28N4O4/c1-2-32-24(30)6-5-20-4-3-19(18-26)17-23(20)33-16-13-28-25(31)21-9-14-29(15-10-21)22-7-11-27-12-8-22/h3-8,11-12,17,21H,2,9-10,13-16H2,1H3,(H,28,31). The highest BCUT2D eigenvalue weighted by Gasteiger charge is 2.24. The third-order valence-corrected chi connectivity index (χ3v) is 5.38. The zero-order chi connectivity index (χ0) is 23.5. The summed E-state index contributed by atoms with van der Waals surface area (Å²) >= 11 is 0. The van der Waals surface area contributed by atoms with Gasteiger partial charge in [-0.1, -0.05) is 0 Å². The average molecular weight is 449 g/mol. The number of anilines is 1. The molecule has 1 amide bonds. The number of ether oxygens (including phenoxy) is 2. The van der Waals surface area contributed by atoms with Crippen molar-refractivity contribution in [2.75, 3.05) is 37.7 Å². The molecule has 0 radical (unpaired) electrons. The minimum atomic E-state index is -0.449. The number of benzene rings is 1. The summed E-state index contributed by atoms with van der Waals surface area (Å²) in [4.78, 5) is 30.5. The molecule has 172 valence electrons. The van der Waals surface area contributed by atoms with Crippen LogP contribution in [0.3, 0.4) is 0 Å². The number of esters is 1. The Bertz CT molecular complexity index is 1010. The van der Waals surface area contributed by atoms with Gasteiger partial charge in [0.2, 0.25) is 5.91 Å². The number of aromatic nitrogens is 1. The highest BCUT2D eigenvalue weighted by atomic mass is 16.5. The number of nitrogens with zero attached hydrogens (tertiary/aromatic N) is 3. The van der Waals surface area contributed by atoms with Gasteiger partial charge in [0, 0.05) is 48.7 Å². The first-order chi connectivity index (χ1) is 16.1. The zero-order valence-electron chi connectivity index (χ0n) is 18.7. The fourth-order valence-corrected chi connectivity index (χ4v) is 3.65. The maximum absolute atomic E-state index is 12.6. The summed E-state index contributed by atoms with van der Waals surface area (Å²) in [7, 11) is 0. The number of carbonyl (C=O) groups excluding carboxylic acids is 2. The third-order valence-electron chi connectivity index (χ3n) is 5.38. The van der Waals surface area contributed by atoms with E-state index in [0.717, 1.165) is 31.6 Å². The maximum atomic E-state index is 12.6. The number of pyridine rings is 1. The Balaban J connectivity index is 1.47. The lowest BCUT2D eigenvalue weighted by molar-refractivity contribution is -0.137. The van der Waals surface area contributed by atoms with Crippen LogP contribution >= 0.6 is 0 Å². The number of amides is 1. The summed E-state index contributed by atoms with van der Waals surface area (Å²) in [5, 5.41) is 12.1. The van der Waals surface area contributed by atoms with Gasteiger partial charge in [0.15, 0.2) is 0 Å². The van der Waals surface area contributed by atoms with Crippen molar-refractivity contribution < 1.29 is 19.1 Å². The number of hydrogen-bond acceptors (Lipinski definition) is 7. The lowest BCUT2D eigenvalue weighted by Gasteiger charge is -2.32. The third kappa shape index (κ3) is 7.07. The molecular weight excluding hydrogens is 420 g/mol. The predicted molar refractivity (Wildman–Crippen MR) is 125 cm³/mol. The Hall–Kier alpha value is -3.86. The van der Waals surface area contributed by atoms with Crippen molar-refractivity contribution in [3.05, 3.63) is 59.9 Å². The molecule has 0 unspecified atom stereocenters. The van der Waals surface area contributed by atoms with E-state index in [9.17, 15) is 9.59 Å². The molecule has 1 saturated heterocycles. The van der Waals surface area contributed by atoms with E-state index < -0.39 is 5.97 Å². The minimum absolute atomic E-state index is 0.0203. The monoisotopic (exact) mass is 448 g/mol. The summed E-state index contributed by atoms with van der Waals surface area (Å²) < 4.78 is 10.7. The van der Waals surface area contributed by atoms with Gasteiger partial charge in [-0.2, -0.15) is 5.26 Å². The van der Waals surface area contributed by atoms with E-state index in [4.69, 9.17) is 14.7 Å². The van der Waals surface area contributed by atoms with Gasteiger partial charge in [-0.3, -0.25) is 9.78 Å². The topological polar surface area (TPSA) is 105 Å². The largest absolute Gasteiger partial charge is 0.491 e. The summed E-state index contributed by atoms with van der Waals surface area (Å²) in [6.45, 7) is 4.28. The van der Waals surface area contributed by atoms with Gasteiger partial charge in [0.25, 0.3) is 0 Å². The van der Waals surface area contributed by atoms with Gasteiger partial charge in [0.1, 0.15) is 12.4 Å². The molecule has 2 heterocycles. The molecule has 1 aromatic carbocycles. The van der Waals surface area contributed by atoms with Crippen LogP contribution in [0.25, 0.3) is 6.08 Å². The van der Waals surface area contributed by atoms with E-state index in [-0.39, 0.29) is 18.4 Å². The number of rotatable bonds is 9. The molecule has 1 fully saturated rings. The van der Waals surface area contributed by atoms with Crippen molar-refractivity contribution in [1.82, 2.24) is 10.3 Å². The Labute approximate surface area is 193 Å². The van der Waals surface area contributed by atoms with E-state index >= 15 is 0 Å². The first-order valence-electron chi connectivity index (χ1n) is 11.0. The second-order valence-electron chi connectivity index (χ2n) is 7.56. The quantitative estimate of drug-likeness (QED) is 0.357. The van der Waals surface area contributed by atoms with Gasteiger partial charge in [0.05, 0.1) is 24.8 Å². The van der Waals surface area contributed by atoms with Gasteiger partial charge >= 0.3 is 5.97 Å². The molecule has 8 heteroatoms. The Morgan fingerprint density at radius 3 is 2.70 bits per heavy atom. The molecule has 33 heavy (non-hydrogen) atoms. The minimum Gasteiger partial charge on any atom is -0.491 e. The molecule has 1 aromatic heterocycles. The van der Waals surface area contributed by atoms with Crippen LogP contribution in [0.4, 0.5) is 5.69 Å². The molecule has 3 rings (SSSR count). The van der Waals surface area contributed by atoms with E-state index in [2.05, 4.69) is 21.3 Å². The van der Waals surface area contributed by atoms with Gasteiger partial charge in [-0.15, -0.1) is 0 Å². The average Bonchev–Trinajstić information content (AvgIpc) is 2.86. The molecule has 0 spiro atoms. The van der Waals surface area contributed by atoms with Crippen LogP contribution in [0.2, 0.25) is 0 Å². The molecule has 1 aliphatic rings. The van der Waals surface area contributed by atoms with Crippen LogP contribution in [-0.2, 0) is 14.3 Å². The van der Waals surface area contributed by atoms with E-state index in [1.54, 1.807) is 43.6 Å². The number of carbonyl (C=O) groups is 2. The molecule has 2 aromatic rings. The highest BCUT2D eigenvalue weighted by molar-refractivity contribution is 5.87. The molecule has 1 N–H and O–H groups in total. The van der Waals surface area contributed by atoms with E-state index in [0.29, 0.717) is 30.0 Å². The normalized spacial score (nSPS) is 14.0. The maximum Gasteiger partial charge on any atom is 0.330 e. The number of nitriles is 1. The SMILES string of the molecule is CCOC(=O)C=Cc1ccc(C#N)cc1OCCNC(=O)C1CCN(c2ccncc2)CC1. The lowest BCUT2D eigenvalue weighted by Crippen LogP contribution is -2.41. The van der Waals surface area contributed by atoms with Crippen molar-refractivity contribution in [3.8, 4) is 11.8 Å². The fourth-order valence-electron chi connectivity index (χ4n) is 3.65. The number of nitrogens with one attached hydrogen (secondary N) is 1. The van der Waals surface area contributed by atoms with Gasteiger partial charge in [-0.05, 0) is 56.2 Å². The molecule has 8 nitrogen and oxygen atoms in total. The summed E-state index contributed by atoms with van der Waals surface area (Å²) in [6.07, 6.45) is 8.04.